The fourth-order valence-electron chi connectivity index (χ4n) is 2.51. The first kappa shape index (κ1) is 15.2. The van der Waals surface area contributed by atoms with E-state index in [1.165, 1.54) is 6.20 Å². The van der Waals surface area contributed by atoms with Crippen molar-refractivity contribution in [1.82, 2.24) is 14.8 Å². The van der Waals surface area contributed by atoms with E-state index in [4.69, 9.17) is 16.3 Å². The van der Waals surface area contributed by atoms with Gasteiger partial charge in [-0.25, -0.2) is 4.98 Å². The predicted octanol–water partition coefficient (Wildman–Crippen LogP) is 1.53. The second kappa shape index (κ2) is 6.52. The summed E-state index contributed by atoms with van der Waals surface area (Å²) in [5.74, 6) is -0.0871. The molecule has 1 aromatic heterocycles. The molecule has 6 heteroatoms. The van der Waals surface area contributed by atoms with E-state index < -0.39 is 0 Å². The number of pyridine rings is 1. The molecule has 5 nitrogen and oxygen atoms in total. The summed E-state index contributed by atoms with van der Waals surface area (Å²) in [5, 5.41) is 0.530. The molecular formula is C14H20ClN3O2. The molecule has 1 saturated heterocycles. The third kappa shape index (κ3) is 3.48. The molecule has 1 aliphatic heterocycles. The second-order valence-electron chi connectivity index (χ2n) is 5.23. The number of halogens is 1. The Hall–Kier alpha value is -1.17. The van der Waals surface area contributed by atoms with Crippen molar-refractivity contribution in [3.8, 4) is 0 Å². The number of likely N-dealkylation sites (N-methyl/N-ethyl adjacent to an activating group) is 2. The maximum Gasteiger partial charge on any atom is 0.272 e. The van der Waals surface area contributed by atoms with Gasteiger partial charge in [-0.2, -0.15) is 0 Å². The average Bonchev–Trinajstić information content (AvgIpc) is 2.79. The molecule has 0 bridgehead atoms. The summed E-state index contributed by atoms with van der Waals surface area (Å²) >= 11 is 5.78. The Kier molecular flexibility index (Phi) is 4.96. The fraction of sp³-hybridized carbons (Fsp3) is 0.571. The molecule has 0 aliphatic carbocycles. The third-order valence-corrected chi connectivity index (χ3v) is 3.98. The van der Waals surface area contributed by atoms with Gasteiger partial charge in [0.25, 0.3) is 5.91 Å². The Morgan fingerprint density at radius 3 is 2.90 bits per heavy atom. The summed E-state index contributed by atoms with van der Waals surface area (Å²) in [6.07, 6.45) is 2.69. The molecule has 1 aliphatic rings. The van der Waals surface area contributed by atoms with Crippen molar-refractivity contribution in [2.45, 2.75) is 18.6 Å². The highest BCUT2D eigenvalue weighted by Crippen LogP contribution is 2.19. The van der Waals surface area contributed by atoms with Gasteiger partial charge in [0.1, 0.15) is 5.69 Å². The van der Waals surface area contributed by atoms with Crippen LogP contribution >= 0.6 is 11.6 Å². The van der Waals surface area contributed by atoms with Crippen molar-refractivity contribution in [3.05, 3.63) is 29.0 Å². The lowest BCUT2D eigenvalue weighted by atomic mass is 10.2. The first-order chi connectivity index (χ1) is 9.51. The highest BCUT2D eigenvalue weighted by Gasteiger charge is 2.31. The van der Waals surface area contributed by atoms with E-state index >= 15 is 0 Å². The van der Waals surface area contributed by atoms with Crippen LogP contribution in [0.2, 0.25) is 5.02 Å². The first-order valence-electron chi connectivity index (χ1n) is 6.61. The zero-order valence-corrected chi connectivity index (χ0v) is 12.8. The number of methoxy groups -OCH3 is 1. The number of ether oxygens (including phenoxy) is 1. The molecule has 0 saturated carbocycles. The van der Waals surface area contributed by atoms with Crippen molar-refractivity contribution in [2.24, 2.45) is 0 Å². The molecule has 0 aromatic carbocycles. The van der Waals surface area contributed by atoms with Crippen LogP contribution in [0.1, 0.15) is 16.9 Å². The van der Waals surface area contributed by atoms with Gasteiger partial charge in [-0.05, 0) is 25.6 Å². The maximum atomic E-state index is 12.3. The van der Waals surface area contributed by atoms with Crippen molar-refractivity contribution in [2.75, 3.05) is 34.3 Å². The quantitative estimate of drug-likeness (QED) is 0.845. The summed E-state index contributed by atoms with van der Waals surface area (Å²) in [5.41, 5.74) is 0.417. The van der Waals surface area contributed by atoms with Gasteiger partial charge in [0, 0.05) is 39.5 Å². The highest BCUT2D eigenvalue weighted by molar-refractivity contribution is 6.30. The summed E-state index contributed by atoms with van der Waals surface area (Å²) in [6, 6.07) is 3.65. The summed E-state index contributed by atoms with van der Waals surface area (Å²) in [6.45, 7) is 1.57. The van der Waals surface area contributed by atoms with Gasteiger partial charge in [-0.3, -0.25) is 9.69 Å². The third-order valence-electron chi connectivity index (χ3n) is 3.76. The van der Waals surface area contributed by atoms with E-state index in [1.807, 2.05) is 0 Å². The van der Waals surface area contributed by atoms with Crippen LogP contribution in [0.15, 0.2) is 18.3 Å². The Labute approximate surface area is 124 Å². The van der Waals surface area contributed by atoms with Crippen LogP contribution < -0.4 is 0 Å². The topological polar surface area (TPSA) is 45.7 Å². The number of aromatic nitrogens is 1. The van der Waals surface area contributed by atoms with Crippen LogP contribution in [0, 0.1) is 0 Å². The number of carbonyl (C=O) groups is 1. The number of rotatable bonds is 4. The Balaban J connectivity index is 1.96. The minimum absolute atomic E-state index is 0.0871. The van der Waals surface area contributed by atoms with E-state index in [9.17, 15) is 4.79 Å². The summed E-state index contributed by atoms with van der Waals surface area (Å²) in [4.78, 5) is 20.3. The van der Waals surface area contributed by atoms with E-state index in [1.54, 1.807) is 31.2 Å². The Morgan fingerprint density at radius 1 is 1.60 bits per heavy atom. The molecule has 1 aromatic rings. The monoisotopic (exact) mass is 297 g/mol. The molecule has 0 radical (unpaired) electrons. The van der Waals surface area contributed by atoms with Crippen LogP contribution in [0.5, 0.6) is 0 Å². The Bertz CT molecular complexity index is 466. The molecule has 20 heavy (non-hydrogen) atoms. The van der Waals surface area contributed by atoms with E-state index in [0.29, 0.717) is 23.3 Å². The molecule has 0 spiro atoms. The van der Waals surface area contributed by atoms with Gasteiger partial charge in [0.2, 0.25) is 0 Å². The van der Waals surface area contributed by atoms with Crippen molar-refractivity contribution >= 4 is 17.5 Å². The SMILES string of the molecule is CO[C@H]1C[C@@H](CN(C)C(=O)c2ccc(Cl)cn2)N(C)C1. The highest BCUT2D eigenvalue weighted by atomic mass is 35.5. The molecule has 2 atom stereocenters. The van der Waals surface area contributed by atoms with E-state index in [2.05, 4.69) is 16.9 Å². The van der Waals surface area contributed by atoms with Gasteiger partial charge in [0.05, 0.1) is 11.1 Å². The number of hydrogen-bond acceptors (Lipinski definition) is 4. The van der Waals surface area contributed by atoms with Crippen molar-refractivity contribution in [1.29, 1.82) is 0 Å². The van der Waals surface area contributed by atoms with Crippen molar-refractivity contribution in [3.63, 3.8) is 0 Å². The first-order valence-corrected chi connectivity index (χ1v) is 6.99. The molecule has 1 amide bonds. The molecule has 0 N–H and O–H groups in total. The smallest absolute Gasteiger partial charge is 0.272 e. The number of likely N-dealkylation sites (tertiary alicyclic amines) is 1. The lowest BCUT2D eigenvalue weighted by molar-refractivity contribution is 0.0754. The zero-order valence-electron chi connectivity index (χ0n) is 12.0. The normalized spacial score (nSPS) is 23.0. The van der Waals surface area contributed by atoms with E-state index in [-0.39, 0.29) is 12.0 Å². The molecule has 0 unspecified atom stereocenters. The van der Waals surface area contributed by atoms with Gasteiger partial charge < -0.3 is 9.64 Å². The van der Waals surface area contributed by atoms with Gasteiger partial charge in [0.15, 0.2) is 0 Å². The van der Waals surface area contributed by atoms with Gasteiger partial charge >= 0.3 is 0 Å². The molecule has 2 rings (SSSR count). The van der Waals surface area contributed by atoms with Gasteiger partial charge in [-0.15, -0.1) is 0 Å². The molecule has 1 fully saturated rings. The minimum atomic E-state index is -0.0871. The number of hydrogen-bond donors (Lipinski definition) is 0. The standard InChI is InChI=1S/C14H20ClN3O2/c1-17-9-12(20-3)6-11(17)8-18(2)14(19)13-5-4-10(15)7-16-13/h4-5,7,11-12H,6,8-9H2,1-3H3/t11-,12-/m0/s1. The number of carbonyl (C=O) groups excluding carboxylic acids is 1. The fourth-order valence-corrected chi connectivity index (χ4v) is 2.62. The van der Waals surface area contributed by atoms with Crippen LogP contribution in [-0.2, 0) is 4.74 Å². The predicted molar refractivity (Wildman–Crippen MR) is 78.0 cm³/mol. The van der Waals surface area contributed by atoms with E-state index in [0.717, 1.165) is 13.0 Å². The number of amides is 1. The average molecular weight is 298 g/mol. The van der Waals surface area contributed by atoms with Crippen LogP contribution in [-0.4, -0.2) is 67.1 Å². The molecule has 110 valence electrons. The van der Waals surface area contributed by atoms with Gasteiger partial charge in [-0.1, -0.05) is 11.6 Å². The lowest BCUT2D eigenvalue weighted by Crippen LogP contribution is -2.39. The van der Waals surface area contributed by atoms with Crippen LogP contribution in [0.4, 0.5) is 0 Å². The lowest BCUT2D eigenvalue weighted by Gasteiger charge is -2.25. The minimum Gasteiger partial charge on any atom is -0.380 e. The van der Waals surface area contributed by atoms with Crippen LogP contribution in [0.25, 0.3) is 0 Å². The maximum absolute atomic E-state index is 12.3. The second-order valence-corrected chi connectivity index (χ2v) is 5.67. The molecule has 2 heterocycles. The van der Waals surface area contributed by atoms with Crippen molar-refractivity contribution < 1.29 is 9.53 Å². The summed E-state index contributed by atoms with van der Waals surface area (Å²) in [7, 11) is 5.59. The molecular weight excluding hydrogens is 278 g/mol. The Morgan fingerprint density at radius 2 is 2.35 bits per heavy atom. The largest absolute Gasteiger partial charge is 0.380 e. The zero-order chi connectivity index (χ0) is 14.7. The van der Waals surface area contributed by atoms with Crippen LogP contribution in [0.3, 0.4) is 0 Å². The number of nitrogens with zero attached hydrogens (tertiary/aromatic N) is 3. The summed E-state index contributed by atoms with van der Waals surface area (Å²) < 4.78 is 5.38.